The van der Waals surface area contributed by atoms with Gasteiger partial charge in [-0.1, -0.05) is 12.5 Å². The Morgan fingerprint density at radius 2 is 1.94 bits per heavy atom. The molecule has 3 heteroatoms. The number of ether oxygens (including phenoxy) is 1. The first-order chi connectivity index (χ1) is 8.70. The number of aryl methyl sites for hydroxylation is 2. The Labute approximate surface area is 109 Å². The van der Waals surface area contributed by atoms with Crippen LogP contribution in [0.3, 0.4) is 0 Å². The molecule has 2 N–H and O–H groups in total. The third-order valence-corrected chi connectivity index (χ3v) is 3.87. The van der Waals surface area contributed by atoms with E-state index in [0.717, 1.165) is 24.7 Å². The molecule has 1 aromatic carbocycles. The minimum Gasteiger partial charge on any atom is -0.493 e. The van der Waals surface area contributed by atoms with Crippen LogP contribution in [0, 0.1) is 19.8 Å². The molecule has 1 fully saturated rings. The van der Waals surface area contributed by atoms with Crippen molar-refractivity contribution in [3.63, 3.8) is 0 Å². The molecule has 0 bridgehead atoms. The Morgan fingerprint density at radius 1 is 1.22 bits per heavy atom. The number of hydrogen-bond acceptors (Lipinski definition) is 3. The molecule has 0 amide bonds. The van der Waals surface area contributed by atoms with Gasteiger partial charge in [-0.3, -0.25) is 0 Å². The van der Waals surface area contributed by atoms with Crippen molar-refractivity contribution in [2.75, 3.05) is 13.2 Å². The summed E-state index contributed by atoms with van der Waals surface area (Å²) in [4.78, 5) is 4.67. The fraction of sp³-hybridized carbons (Fsp3) is 0.600. The number of nitrogens with two attached hydrogens (primary N) is 1. The molecule has 0 aliphatic heterocycles. The van der Waals surface area contributed by atoms with Crippen LogP contribution in [0.1, 0.15) is 36.0 Å². The summed E-state index contributed by atoms with van der Waals surface area (Å²) in [5, 5.41) is 0. The zero-order valence-corrected chi connectivity index (χ0v) is 11.4. The second-order valence-electron chi connectivity index (χ2n) is 5.27. The van der Waals surface area contributed by atoms with Crippen molar-refractivity contribution in [1.82, 2.24) is 0 Å². The smallest absolute Gasteiger partial charge is 0.122 e. The van der Waals surface area contributed by atoms with Gasteiger partial charge in [0.25, 0.3) is 0 Å². The highest BCUT2D eigenvalue weighted by Crippen LogP contribution is 2.29. The highest BCUT2D eigenvalue weighted by Gasteiger charge is 2.18. The summed E-state index contributed by atoms with van der Waals surface area (Å²) in [5.41, 5.74) is 3.76. The quantitative estimate of drug-likeness (QED) is 0.788. The van der Waals surface area contributed by atoms with E-state index in [-0.39, 0.29) is 0 Å². The monoisotopic (exact) mass is 249 g/mol. The zero-order chi connectivity index (χ0) is 13.0. The van der Waals surface area contributed by atoms with Crippen LogP contribution in [0.4, 0.5) is 0 Å². The average Bonchev–Trinajstić information content (AvgIpc) is 2.29. The Bertz CT molecular complexity index is 400. The molecule has 2 rings (SSSR count). The third-order valence-electron chi connectivity index (χ3n) is 3.87. The van der Waals surface area contributed by atoms with Gasteiger partial charge in [0.1, 0.15) is 5.75 Å². The third kappa shape index (κ3) is 3.24. The SMILES string of the molecule is Cc1cc(CCON)c(OCC2CCC2)cc1C. The van der Waals surface area contributed by atoms with Gasteiger partial charge < -0.3 is 9.57 Å². The molecule has 0 aromatic heterocycles. The lowest BCUT2D eigenvalue weighted by molar-refractivity contribution is 0.139. The lowest BCUT2D eigenvalue weighted by Gasteiger charge is -2.26. The summed E-state index contributed by atoms with van der Waals surface area (Å²) in [7, 11) is 0. The fourth-order valence-corrected chi connectivity index (χ4v) is 2.22. The molecule has 1 aliphatic carbocycles. The van der Waals surface area contributed by atoms with Crippen LogP contribution in [-0.4, -0.2) is 13.2 Å². The van der Waals surface area contributed by atoms with E-state index in [1.165, 1.54) is 36.0 Å². The van der Waals surface area contributed by atoms with Crippen LogP contribution >= 0.6 is 0 Å². The molecule has 0 radical (unpaired) electrons. The van der Waals surface area contributed by atoms with E-state index in [9.17, 15) is 0 Å². The van der Waals surface area contributed by atoms with E-state index < -0.39 is 0 Å². The van der Waals surface area contributed by atoms with Crippen LogP contribution in [-0.2, 0) is 11.3 Å². The Hall–Kier alpha value is -1.06. The topological polar surface area (TPSA) is 44.5 Å². The predicted octanol–water partition coefficient (Wildman–Crippen LogP) is 2.92. The van der Waals surface area contributed by atoms with Crippen LogP contribution in [0.5, 0.6) is 5.75 Å². The Kier molecular flexibility index (Phi) is 4.61. The Balaban J connectivity index is 2.06. The standard InChI is InChI=1S/C15H23NO2/c1-11-8-14(6-7-18-16)15(9-12(11)2)17-10-13-4-3-5-13/h8-9,13H,3-7,10,16H2,1-2H3. The molecular weight excluding hydrogens is 226 g/mol. The van der Waals surface area contributed by atoms with E-state index >= 15 is 0 Å². The molecule has 1 saturated carbocycles. The highest BCUT2D eigenvalue weighted by molar-refractivity contribution is 5.42. The minimum absolute atomic E-state index is 0.530. The molecule has 0 spiro atoms. The van der Waals surface area contributed by atoms with Gasteiger partial charge >= 0.3 is 0 Å². The Morgan fingerprint density at radius 3 is 2.56 bits per heavy atom. The van der Waals surface area contributed by atoms with Gasteiger partial charge in [-0.25, -0.2) is 5.90 Å². The van der Waals surface area contributed by atoms with Gasteiger partial charge in [-0.15, -0.1) is 0 Å². The number of rotatable bonds is 6. The van der Waals surface area contributed by atoms with Crippen molar-refractivity contribution in [3.05, 3.63) is 28.8 Å². The molecule has 0 unspecified atom stereocenters. The van der Waals surface area contributed by atoms with E-state index in [4.69, 9.17) is 10.6 Å². The van der Waals surface area contributed by atoms with E-state index in [1.807, 2.05) is 0 Å². The van der Waals surface area contributed by atoms with Gasteiger partial charge in [-0.2, -0.15) is 0 Å². The molecule has 0 atom stereocenters. The largest absolute Gasteiger partial charge is 0.493 e. The summed E-state index contributed by atoms with van der Waals surface area (Å²) < 4.78 is 5.98. The van der Waals surface area contributed by atoms with Crippen LogP contribution in [0.15, 0.2) is 12.1 Å². The summed E-state index contributed by atoms with van der Waals surface area (Å²) >= 11 is 0. The predicted molar refractivity (Wildman–Crippen MR) is 72.6 cm³/mol. The van der Waals surface area contributed by atoms with Gasteiger partial charge in [0, 0.05) is 6.42 Å². The first-order valence-electron chi connectivity index (χ1n) is 6.75. The molecule has 0 saturated heterocycles. The number of hydrogen-bond donors (Lipinski definition) is 1. The van der Waals surface area contributed by atoms with Gasteiger partial charge in [0.15, 0.2) is 0 Å². The molecular formula is C15H23NO2. The van der Waals surface area contributed by atoms with Crippen molar-refractivity contribution < 1.29 is 9.57 Å². The van der Waals surface area contributed by atoms with Gasteiger partial charge in [-0.05, 0) is 55.4 Å². The molecule has 100 valence electrons. The normalized spacial score (nSPS) is 15.5. The van der Waals surface area contributed by atoms with Crippen LogP contribution in [0.2, 0.25) is 0 Å². The van der Waals surface area contributed by atoms with E-state index in [0.29, 0.717) is 6.61 Å². The maximum atomic E-state index is 5.98. The molecule has 18 heavy (non-hydrogen) atoms. The summed E-state index contributed by atoms with van der Waals surface area (Å²) in [6.07, 6.45) is 4.78. The first-order valence-corrected chi connectivity index (χ1v) is 6.75. The maximum absolute atomic E-state index is 5.98. The first kappa shape index (κ1) is 13.4. The van der Waals surface area contributed by atoms with Crippen molar-refractivity contribution in [2.45, 2.75) is 39.5 Å². The second kappa shape index (κ2) is 6.21. The second-order valence-corrected chi connectivity index (χ2v) is 5.27. The summed E-state index contributed by atoms with van der Waals surface area (Å²) in [6.45, 7) is 5.62. The zero-order valence-electron chi connectivity index (χ0n) is 11.4. The minimum atomic E-state index is 0.530. The summed E-state index contributed by atoms with van der Waals surface area (Å²) in [6, 6.07) is 4.32. The maximum Gasteiger partial charge on any atom is 0.122 e. The van der Waals surface area contributed by atoms with Crippen molar-refractivity contribution in [2.24, 2.45) is 11.8 Å². The lowest BCUT2D eigenvalue weighted by Crippen LogP contribution is -2.20. The fourth-order valence-electron chi connectivity index (χ4n) is 2.22. The summed E-state index contributed by atoms with van der Waals surface area (Å²) in [5.74, 6) is 6.86. The van der Waals surface area contributed by atoms with Crippen LogP contribution < -0.4 is 10.6 Å². The van der Waals surface area contributed by atoms with Gasteiger partial charge in [0.05, 0.1) is 13.2 Å². The van der Waals surface area contributed by atoms with Crippen molar-refractivity contribution in [1.29, 1.82) is 0 Å². The van der Waals surface area contributed by atoms with E-state index in [2.05, 4.69) is 30.8 Å². The highest BCUT2D eigenvalue weighted by atomic mass is 16.6. The van der Waals surface area contributed by atoms with Crippen molar-refractivity contribution in [3.8, 4) is 5.75 Å². The molecule has 1 aromatic rings. The average molecular weight is 249 g/mol. The number of benzene rings is 1. The molecule has 1 aliphatic rings. The van der Waals surface area contributed by atoms with Gasteiger partial charge in [0.2, 0.25) is 0 Å². The lowest BCUT2D eigenvalue weighted by atomic mass is 9.86. The van der Waals surface area contributed by atoms with Crippen molar-refractivity contribution >= 4 is 0 Å². The van der Waals surface area contributed by atoms with E-state index in [1.54, 1.807) is 0 Å². The molecule has 0 heterocycles. The van der Waals surface area contributed by atoms with Crippen LogP contribution in [0.25, 0.3) is 0 Å². The molecule has 3 nitrogen and oxygen atoms in total.